The highest BCUT2D eigenvalue weighted by Gasteiger charge is 2.07. The van der Waals surface area contributed by atoms with Crippen LogP contribution in [-0.2, 0) is 0 Å². The molecule has 98 valence electrons. The van der Waals surface area contributed by atoms with E-state index >= 15 is 0 Å². The van der Waals surface area contributed by atoms with Crippen molar-refractivity contribution in [2.75, 3.05) is 5.88 Å². The van der Waals surface area contributed by atoms with E-state index in [2.05, 4.69) is 4.99 Å². The maximum absolute atomic E-state index is 13.3. The molecule has 0 atom stereocenters. The van der Waals surface area contributed by atoms with Gasteiger partial charge in [0.2, 0.25) is 0 Å². The van der Waals surface area contributed by atoms with Crippen LogP contribution < -0.4 is 5.73 Å². The molecule has 0 aliphatic rings. The Morgan fingerprint density at radius 1 is 1.11 bits per heavy atom. The molecule has 5 heteroatoms. The minimum absolute atomic E-state index is 0.0891. The van der Waals surface area contributed by atoms with Crippen molar-refractivity contribution >= 4 is 23.1 Å². The fourth-order valence-electron chi connectivity index (χ4n) is 1.71. The van der Waals surface area contributed by atoms with Gasteiger partial charge in [-0.25, -0.2) is 13.8 Å². The summed E-state index contributed by atoms with van der Waals surface area (Å²) in [4.78, 5) is 4.13. The Bertz CT molecular complexity index is 606. The van der Waals surface area contributed by atoms with Gasteiger partial charge in [0.1, 0.15) is 17.5 Å². The number of halogens is 3. The zero-order valence-electron chi connectivity index (χ0n) is 9.91. The molecule has 0 spiro atoms. The van der Waals surface area contributed by atoms with E-state index in [-0.39, 0.29) is 11.7 Å². The van der Waals surface area contributed by atoms with Gasteiger partial charge in [0.25, 0.3) is 0 Å². The van der Waals surface area contributed by atoms with E-state index in [1.54, 1.807) is 24.3 Å². The van der Waals surface area contributed by atoms with Gasteiger partial charge in [0.15, 0.2) is 0 Å². The first-order chi connectivity index (χ1) is 9.10. The molecule has 0 aliphatic heterocycles. The van der Waals surface area contributed by atoms with Crippen molar-refractivity contribution in [3.63, 3.8) is 0 Å². The van der Waals surface area contributed by atoms with Crippen molar-refractivity contribution in [2.24, 2.45) is 10.7 Å². The quantitative estimate of drug-likeness (QED) is 0.517. The molecule has 0 amide bonds. The lowest BCUT2D eigenvalue weighted by atomic mass is 10.0. The van der Waals surface area contributed by atoms with E-state index in [0.29, 0.717) is 16.8 Å². The number of alkyl halides is 1. The molecule has 0 heterocycles. The number of hydrogen-bond acceptors (Lipinski definition) is 1. The molecular formula is C14H11ClF2N2. The molecule has 0 aromatic heterocycles. The molecule has 2 aromatic carbocycles. The fourth-order valence-corrected chi connectivity index (χ4v) is 1.77. The summed E-state index contributed by atoms with van der Waals surface area (Å²) in [5, 5.41) is 0. The van der Waals surface area contributed by atoms with E-state index in [4.69, 9.17) is 17.3 Å². The predicted octanol–water partition coefficient (Wildman–Crippen LogP) is 3.86. The highest BCUT2D eigenvalue weighted by atomic mass is 35.5. The van der Waals surface area contributed by atoms with Crippen LogP contribution in [-0.4, -0.2) is 11.7 Å². The number of nitrogens with two attached hydrogens (primary N) is 1. The van der Waals surface area contributed by atoms with Gasteiger partial charge in [0, 0.05) is 11.6 Å². The lowest BCUT2D eigenvalue weighted by Crippen LogP contribution is -2.12. The second-order valence-electron chi connectivity index (χ2n) is 3.91. The van der Waals surface area contributed by atoms with Gasteiger partial charge < -0.3 is 5.73 Å². The van der Waals surface area contributed by atoms with Crippen LogP contribution in [0.5, 0.6) is 0 Å². The van der Waals surface area contributed by atoms with E-state index in [0.717, 1.165) is 6.07 Å². The van der Waals surface area contributed by atoms with Crippen LogP contribution >= 0.6 is 11.6 Å². The Morgan fingerprint density at radius 2 is 1.74 bits per heavy atom. The Hall–Kier alpha value is -1.94. The van der Waals surface area contributed by atoms with Crippen molar-refractivity contribution in [1.82, 2.24) is 0 Å². The van der Waals surface area contributed by atoms with Crippen LogP contribution in [0, 0.1) is 11.6 Å². The zero-order valence-corrected chi connectivity index (χ0v) is 10.7. The highest BCUT2D eigenvalue weighted by molar-refractivity contribution is 6.28. The Morgan fingerprint density at radius 3 is 2.37 bits per heavy atom. The van der Waals surface area contributed by atoms with Crippen molar-refractivity contribution < 1.29 is 8.78 Å². The number of para-hydroxylation sites is 1. The number of nitrogens with zero attached hydrogens (tertiary/aromatic N) is 1. The third-order valence-electron chi connectivity index (χ3n) is 2.48. The molecule has 0 unspecified atom stereocenters. The lowest BCUT2D eigenvalue weighted by Gasteiger charge is -2.07. The monoisotopic (exact) mass is 280 g/mol. The predicted molar refractivity (Wildman–Crippen MR) is 73.8 cm³/mol. The van der Waals surface area contributed by atoms with E-state index < -0.39 is 11.6 Å². The Kier molecular flexibility index (Phi) is 4.12. The third kappa shape index (κ3) is 3.29. The van der Waals surface area contributed by atoms with Gasteiger partial charge in [-0.3, -0.25) is 0 Å². The molecule has 0 radical (unpaired) electrons. The molecule has 2 rings (SSSR count). The molecule has 0 fully saturated rings. The molecule has 0 bridgehead atoms. The summed E-state index contributed by atoms with van der Waals surface area (Å²) in [6.07, 6.45) is 0. The number of benzene rings is 2. The Labute approximate surface area is 114 Å². The highest BCUT2D eigenvalue weighted by Crippen LogP contribution is 2.31. The van der Waals surface area contributed by atoms with Crippen LogP contribution in [0.1, 0.15) is 0 Å². The first kappa shape index (κ1) is 13.5. The SMILES string of the molecule is NC(CCl)=Nc1ccccc1-c1cc(F)cc(F)c1. The molecule has 0 saturated heterocycles. The summed E-state index contributed by atoms with van der Waals surface area (Å²) < 4.78 is 26.5. The minimum atomic E-state index is -0.640. The maximum atomic E-state index is 13.3. The second kappa shape index (κ2) is 5.80. The first-order valence-corrected chi connectivity index (χ1v) is 6.08. The fraction of sp³-hybridized carbons (Fsp3) is 0.0714. The van der Waals surface area contributed by atoms with Crippen LogP contribution in [0.3, 0.4) is 0 Å². The largest absolute Gasteiger partial charge is 0.386 e. The number of aliphatic imine (C=N–C) groups is 1. The molecule has 0 aliphatic carbocycles. The Balaban J connectivity index is 2.56. The number of hydrogen-bond donors (Lipinski definition) is 1. The summed E-state index contributed by atoms with van der Waals surface area (Å²) in [6, 6.07) is 10.3. The smallest absolute Gasteiger partial charge is 0.126 e. The third-order valence-corrected chi connectivity index (χ3v) is 2.75. The van der Waals surface area contributed by atoms with Gasteiger partial charge in [-0.05, 0) is 23.8 Å². The van der Waals surface area contributed by atoms with Crippen LogP contribution in [0.25, 0.3) is 11.1 Å². The van der Waals surface area contributed by atoms with E-state index in [9.17, 15) is 8.78 Å². The van der Waals surface area contributed by atoms with Crippen molar-refractivity contribution in [3.8, 4) is 11.1 Å². The summed E-state index contributed by atoms with van der Waals surface area (Å²) in [5.74, 6) is -0.949. The molecule has 2 nitrogen and oxygen atoms in total. The molecule has 19 heavy (non-hydrogen) atoms. The van der Waals surface area contributed by atoms with Gasteiger partial charge >= 0.3 is 0 Å². The summed E-state index contributed by atoms with van der Waals surface area (Å²) in [6.45, 7) is 0. The number of amidine groups is 1. The topological polar surface area (TPSA) is 38.4 Å². The normalized spacial score (nSPS) is 11.6. The standard InChI is InChI=1S/C14H11ClF2N2/c15-8-14(18)19-13-4-2-1-3-12(13)9-5-10(16)7-11(17)6-9/h1-7H,8H2,(H2,18,19). The van der Waals surface area contributed by atoms with Crippen LogP contribution in [0.15, 0.2) is 47.5 Å². The summed E-state index contributed by atoms with van der Waals surface area (Å²) in [7, 11) is 0. The van der Waals surface area contributed by atoms with Crippen molar-refractivity contribution in [1.29, 1.82) is 0 Å². The van der Waals surface area contributed by atoms with Gasteiger partial charge in [-0.15, -0.1) is 11.6 Å². The number of rotatable bonds is 3. The second-order valence-corrected chi connectivity index (χ2v) is 4.18. The summed E-state index contributed by atoms with van der Waals surface area (Å²) in [5.41, 5.74) is 7.09. The van der Waals surface area contributed by atoms with Crippen molar-refractivity contribution in [2.45, 2.75) is 0 Å². The first-order valence-electron chi connectivity index (χ1n) is 5.54. The average molecular weight is 281 g/mol. The zero-order chi connectivity index (χ0) is 13.8. The van der Waals surface area contributed by atoms with Crippen LogP contribution in [0.4, 0.5) is 14.5 Å². The molecular weight excluding hydrogens is 270 g/mol. The minimum Gasteiger partial charge on any atom is -0.386 e. The molecule has 0 saturated carbocycles. The van der Waals surface area contributed by atoms with Gasteiger partial charge in [-0.2, -0.15) is 0 Å². The van der Waals surface area contributed by atoms with E-state index in [1.165, 1.54) is 12.1 Å². The average Bonchev–Trinajstić information content (AvgIpc) is 2.38. The van der Waals surface area contributed by atoms with Gasteiger partial charge in [0.05, 0.1) is 11.6 Å². The maximum Gasteiger partial charge on any atom is 0.126 e. The van der Waals surface area contributed by atoms with Crippen LogP contribution in [0.2, 0.25) is 0 Å². The molecule has 2 aromatic rings. The summed E-state index contributed by atoms with van der Waals surface area (Å²) >= 11 is 5.57. The molecule has 2 N–H and O–H groups in total. The lowest BCUT2D eigenvalue weighted by molar-refractivity contribution is 0.584. The van der Waals surface area contributed by atoms with Crippen molar-refractivity contribution in [3.05, 3.63) is 54.1 Å². The van der Waals surface area contributed by atoms with Gasteiger partial charge in [-0.1, -0.05) is 18.2 Å². The van der Waals surface area contributed by atoms with E-state index in [1.807, 2.05) is 0 Å².